The largest absolute Gasteiger partial charge is 0.508 e. The van der Waals surface area contributed by atoms with Crippen molar-refractivity contribution >= 4 is 70.8 Å². The zero-order valence-electron chi connectivity index (χ0n) is 24.6. The van der Waals surface area contributed by atoms with Crippen LogP contribution in [0.5, 0.6) is 11.5 Å². The van der Waals surface area contributed by atoms with Crippen LogP contribution < -0.4 is 20.0 Å². The highest BCUT2D eigenvalue weighted by atomic mass is 35.5. The molecule has 0 radical (unpaired) electrons. The van der Waals surface area contributed by atoms with Crippen molar-refractivity contribution in [2.24, 2.45) is 17.8 Å². The number of carbonyl (C=O) groups excluding carboxylic acids is 4. The van der Waals surface area contributed by atoms with E-state index in [0.29, 0.717) is 11.3 Å². The number of carbonyl (C=O) groups is 4. The number of imide groups is 2. The first-order valence-electron chi connectivity index (χ1n) is 14.8. The van der Waals surface area contributed by atoms with Gasteiger partial charge in [-0.3, -0.25) is 24.1 Å². The van der Waals surface area contributed by atoms with Gasteiger partial charge in [0, 0.05) is 17.5 Å². The number of allylic oxidation sites excluding steroid dienone is 2. The number of aromatic hydroxyl groups is 1. The van der Waals surface area contributed by atoms with Gasteiger partial charge in [-0.1, -0.05) is 29.8 Å². The fourth-order valence-corrected chi connectivity index (χ4v) is 8.64. The van der Waals surface area contributed by atoms with Crippen LogP contribution in [0.1, 0.15) is 24.3 Å². The summed E-state index contributed by atoms with van der Waals surface area (Å²) in [6.07, 6.45) is 1.50. The summed E-state index contributed by atoms with van der Waals surface area (Å²) in [4.78, 5) is 54.2. The predicted molar refractivity (Wildman–Crippen MR) is 170 cm³/mol. The van der Waals surface area contributed by atoms with Crippen LogP contribution in [0.2, 0.25) is 0 Å². The highest BCUT2D eigenvalue weighted by molar-refractivity contribution is 6.59. The van der Waals surface area contributed by atoms with Crippen LogP contribution in [0.15, 0.2) is 78.4 Å². The van der Waals surface area contributed by atoms with E-state index in [1.807, 2.05) is 0 Å². The Kier molecular flexibility index (Phi) is 7.29. The molecule has 6 unspecified atom stereocenters. The fraction of sp³-hybridized carbons (Fsp3) is 0.273. The zero-order valence-corrected chi connectivity index (χ0v) is 26.2. The Balaban J connectivity index is 1.39. The van der Waals surface area contributed by atoms with Crippen molar-refractivity contribution in [1.29, 1.82) is 0 Å². The van der Waals surface area contributed by atoms with E-state index in [1.54, 1.807) is 12.1 Å². The van der Waals surface area contributed by atoms with Crippen LogP contribution in [0.4, 0.5) is 15.8 Å². The predicted octanol–water partition coefficient (Wildman–Crippen LogP) is 2.99. The van der Waals surface area contributed by atoms with Gasteiger partial charge in [0.2, 0.25) is 11.8 Å². The van der Waals surface area contributed by atoms with E-state index in [-0.39, 0.29) is 41.0 Å². The van der Waals surface area contributed by atoms with Crippen LogP contribution >= 0.6 is 23.2 Å². The first kappa shape index (κ1) is 31.4. The van der Waals surface area contributed by atoms with E-state index in [1.165, 1.54) is 55.6 Å². The summed E-state index contributed by atoms with van der Waals surface area (Å²) < 4.78 is 19.1. The lowest BCUT2D eigenvalue weighted by Gasteiger charge is -2.50. The molecule has 2 aliphatic heterocycles. The summed E-state index contributed by atoms with van der Waals surface area (Å²) in [5.74, 6) is -7.45. The topological polar surface area (TPSA) is 145 Å². The molecule has 1 saturated carbocycles. The van der Waals surface area contributed by atoms with Crippen molar-refractivity contribution in [3.63, 3.8) is 0 Å². The van der Waals surface area contributed by atoms with Crippen LogP contribution in [0.3, 0.4) is 0 Å². The number of ether oxygens (including phenoxy) is 1. The van der Waals surface area contributed by atoms with Gasteiger partial charge in [-0.05, 0) is 66.7 Å². The second-order valence-corrected chi connectivity index (χ2v) is 13.4. The molecule has 0 aromatic heterocycles. The molecule has 240 valence electrons. The maximum absolute atomic E-state index is 14.4. The number of fused-ring (bicyclic) bond motifs is 4. The Hall–Kier alpha value is -4.23. The number of amides is 4. The number of phenolic OH excluding ortho intramolecular Hbond substituents is 1. The van der Waals surface area contributed by atoms with Gasteiger partial charge in [0.15, 0.2) is 9.75 Å². The molecule has 2 heterocycles. The second-order valence-electron chi connectivity index (χ2n) is 12.2. The van der Waals surface area contributed by atoms with Gasteiger partial charge in [0.25, 0.3) is 11.8 Å². The molecule has 6 atom stereocenters. The molecule has 10 nitrogen and oxygen atoms in total. The molecule has 4 aliphatic rings. The second kappa shape index (κ2) is 10.9. The van der Waals surface area contributed by atoms with Crippen molar-refractivity contribution in [3.05, 3.63) is 89.8 Å². The molecule has 3 aromatic carbocycles. The number of benzene rings is 3. The lowest BCUT2D eigenvalue weighted by atomic mass is 9.56. The van der Waals surface area contributed by atoms with E-state index in [2.05, 4.69) is 0 Å². The minimum atomic E-state index is -2.21. The Morgan fingerprint density at radius 2 is 1.62 bits per heavy atom. The third-order valence-electron chi connectivity index (χ3n) is 9.87. The summed E-state index contributed by atoms with van der Waals surface area (Å²) in [6.45, 7) is 0. The quantitative estimate of drug-likeness (QED) is 0.162. The molecule has 3 aromatic rings. The van der Waals surface area contributed by atoms with Crippen molar-refractivity contribution in [1.82, 2.24) is 0 Å². The Morgan fingerprint density at radius 1 is 0.894 bits per heavy atom. The summed E-state index contributed by atoms with van der Waals surface area (Å²) in [5, 5.41) is 30.7. The lowest BCUT2D eigenvalue weighted by Crippen LogP contribution is -2.60. The average molecular weight is 679 g/mol. The van der Waals surface area contributed by atoms with Gasteiger partial charge in [-0.2, -0.15) is 0 Å². The third-order valence-corrected chi connectivity index (χ3v) is 11.3. The van der Waals surface area contributed by atoms with E-state index in [0.717, 1.165) is 21.9 Å². The fourth-order valence-electron chi connectivity index (χ4n) is 7.72. The first-order chi connectivity index (χ1) is 22.3. The number of anilines is 2. The average Bonchev–Trinajstić information content (AvgIpc) is 3.39. The molecule has 7 rings (SSSR count). The normalized spacial score (nSPS) is 29.8. The smallest absolute Gasteiger partial charge is 0.488 e. The lowest BCUT2D eigenvalue weighted by molar-refractivity contribution is -0.125. The van der Waals surface area contributed by atoms with E-state index in [9.17, 15) is 38.7 Å². The summed E-state index contributed by atoms with van der Waals surface area (Å²) in [7, 11) is -0.426. The van der Waals surface area contributed by atoms with Crippen LogP contribution in [-0.2, 0) is 19.2 Å². The van der Waals surface area contributed by atoms with E-state index >= 15 is 0 Å². The Bertz CT molecular complexity index is 1910. The summed E-state index contributed by atoms with van der Waals surface area (Å²) >= 11 is 14.6. The van der Waals surface area contributed by atoms with Gasteiger partial charge in [-0.25, -0.2) is 9.29 Å². The molecule has 3 fully saturated rings. The van der Waals surface area contributed by atoms with Crippen molar-refractivity contribution < 1.29 is 43.5 Å². The number of halogens is 3. The van der Waals surface area contributed by atoms with Crippen molar-refractivity contribution in [2.45, 2.75) is 28.5 Å². The number of hydrogen-bond acceptors (Lipinski definition) is 8. The number of phenols is 1. The molecule has 0 spiro atoms. The first-order valence-corrected chi connectivity index (χ1v) is 15.5. The number of rotatable bonds is 5. The van der Waals surface area contributed by atoms with Gasteiger partial charge in [0.05, 0.1) is 30.3 Å². The summed E-state index contributed by atoms with van der Waals surface area (Å²) in [6, 6.07) is 14.8. The highest BCUT2D eigenvalue weighted by Crippen LogP contribution is 2.66. The number of nitrogens with zero attached hydrogens (tertiary/aromatic N) is 2. The highest BCUT2D eigenvalue weighted by Gasteiger charge is 2.77. The molecule has 3 N–H and O–H groups in total. The maximum Gasteiger partial charge on any atom is 0.488 e. The van der Waals surface area contributed by atoms with Gasteiger partial charge < -0.3 is 19.9 Å². The number of hydrogen-bond donors (Lipinski definition) is 3. The van der Waals surface area contributed by atoms with Crippen molar-refractivity contribution in [2.75, 3.05) is 16.9 Å². The van der Waals surface area contributed by atoms with Crippen molar-refractivity contribution in [3.8, 4) is 11.5 Å². The van der Waals surface area contributed by atoms with Crippen LogP contribution in [-0.4, -0.2) is 62.8 Å². The molecule has 4 amide bonds. The van der Waals surface area contributed by atoms with E-state index in [4.69, 9.17) is 27.9 Å². The molecular weight excluding hydrogens is 653 g/mol. The minimum absolute atomic E-state index is 0.0348. The van der Waals surface area contributed by atoms with Gasteiger partial charge in [0.1, 0.15) is 17.3 Å². The van der Waals surface area contributed by atoms with E-state index < -0.39 is 70.0 Å². The third kappa shape index (κ3) is 4.31. The molecular formula is C33H26BCl2FN2O8. The molecule has 2 saturated heterocycles. The molecule has 47 heavy (non-hydrogen) atoms. The van der Waals surface area contributed by atoms with Gasteiger partial charge in [-0.15, -0.1) is 23.2 Å². The summed E-state index contributed by atoms with van der Waals surface area (Å²) in [5.41, 5.74) is 0.867. The standard InChI is InChI=1S/C33H26BCl2FN2O8/c1-47-20-9-10-22(25(40)14-20)27-21-11-12-23-26(29(42)38(28(23)41)19-4-2-3-16(13-19)34(45)46)24(21)15-32(35)30(43)39(31(44)33(27,32)36)18-7-5-17(37)6-8-18/h2-11,13-14,23-24,26-27,40,45-46H,12,15H2,1H3. The Labute approximate surface area is 278 Å². The maximum atomic E-state index is 14.4. The minimum Gasteiger partial charge on any atom is -0.508 e. The number of alkyl halides is 2. The molecule has 0 bridgehead atoms. The van der Waals surface area contributed by atoms with Gasteiger partial charge >= 0.3 is 7.12 Å². The SMILES string of the molecule is COc1ccc(C2C3=CCC4C(=O)N(c5cccc(B(O)O)c5)C(=O)C4C3CC3(Cl)C(=O)N(c4ccc(F)cc4)C(=O)C23Cl)c(O)c1. The zero-order chi connectivity index (χ0) is 33.6. The molecule has 2 aliphatic carbocycles. The number of methoxy groups -OCH3 is 1. The van der Waals surface area contributed by atoms with Crippen LogP contribution in [0, 0.1) is 23.6 Å². The van der Waals surface area contributed by atoms with Crippen LogP contribution in [0.25, 0.3) is 0 Å². The monoisotopic (exact) mass is 678 g/mol. The molecule has 14 heteroatoms. The Morgan fingerprint density at radius 3 is 2.28 bits per heavy atom.